The SMILES string of the molecule is CC(C)(C)c1cnc(C2CSCN2C(N)=O)s1. The second kappa shape index (κ2) is 4.49. The van der Waals surface area contributed by atoms with Gasteiger partial charge in [-0.25, -0.2) is 9.78 Å². The molecule has 1 atom stereocenters. The summed E-state index contributed by atoms with van der Waals surface area (Å²) >= 11 is 3.41. The molecule has 0 aliphatic carbocycles. The third-order valence-corrected chi connectivity index (χ3v) is 5.25. The third-order valence-electron chi connectivity index (χ3n) is 2.71. The van der Waals surface area contributed by atoms with Gasteiger partial charge in [0, 0.05) is 16.8 Å². The zero-order chi connectivity index (χ0) is 12.6. The lowest BCUT2D eigenvalue weighted by atomic mass is 9.96. The Kier molecular flexibility index (Phi) is 3.36. The smallest absolute Gasteiger partial charge is 0.316 e. The molecule has 1 aliphatic heterocycles. The Morgan fingerprint density at radius 1 is 1.59 bits per heavy atom. The summed E-state index contributed by atoms with van der Waals surface area (Å²) in [6, 6.07) is -0.300. The van der Waals surface area contributed by atoms with E-state index in [1.165, 1.54) is 4.88 Å². The standard InChI is InChI=1S/C11H17N3OS2/c1-11(2,3)8-4-13-9(17-8)7-5-16-6-14(7)10(12)15/h4,7H,5-6H2,1-3H3,(H2,12,15). The molecular formula is C11H17N3OS2. The van der Waals surface area contributed by atoms with E-state index in [4.69, 9.17) is 5.73 Å². The van der Waals surface area contributed by atoms with Crippen molar-refractivity contribution in [3.63, 3.8) is 0 Å². The van der Waals surface area contributed by atoms with E-state index in [9.17, 15) is 4.79 Å². The van der Waals surface area contributed by atoms with Gasteiger partial charge in [0.25, 0.3) is 0 Å². The lowest BCUT2D eigenvalue weighted by Crippen LogP contribution is -2.35. The molecule has 2 amide bonds. The minimum Gasteiger partial charge on any atom is -0.351 e. The molecule has 1 fully saturated rings. The van der Waals surface area contributed by atoms with Crippen molar-refractivity contribution in [1.29, 1.82) is 0 Å². The van der Waals surface area contributed by atoms with E-state index in [0.717, 1.165) is 10.8 Å². The van der Waals surface area contributed by atoms with Gasteiger partial charge in [0.2, 0.25) is 0 Å². The highest BCUT2D eigenvalue weighted by molar-refractivity contribution is 7.99. The molecule has 1 aliphatic rings. The number of aromatic nitrogens is 1. The first kappa shape index (κ1) is 12.7. The highest BCUT2D eigenvalue weighted by atomic mass is 32.2. The maximum absolute atomic E-state index is 11.3. The molecule has 0 radical (unpaired) electrons. The lowest BCUT2D eigenvalue weighted by molar-refractivity contribution is 0.206. The Morgan fingerprint density at radius 3 is 2.82 bits per heavy atom. The number of hydrogen-bond donors (Lipinski definition) is 1. The minimum absolute atomic E-state index is 0.0543. The van der Waals surface area contributed by atoms with Gasteiger partial charge in [-0.1, -0.05) is 20.8 Å². The first-order chi connectivity index (χ1) is 7.89. The number of carbonyl (C=O) groups is 1. The second-order valence-electron chi connectivity index (χ2n) is 5.14. The molecule has 94 valence electrons. The van der Waals surface area contributed by atoms with Crippen LogP contribution in [0.3, 0.4) is 0 Å². The van der Waals surface area contributed by atoms with Gasteiger partial charge in [-0.3, -0.25) is 0 Å². The Hall–Kier alpha value is -0.750. The highest BCUT2D eigenvalue weighted by Gasteiger charge is 2.32. The van der Waals surface area contributed by atoms with E-state index in [1.807, 2.05) is 6.20 Å². The minimum atomic E-state index is -0.354. The Labute approximate surface area is 110 Å². The molecule has 1 unspecified atom stereocenters. The maximum atomic E-state index is 11.3. The summed E-state index contributed by atoms with van der Waals surface area (Å²) in [6.07, 6.45) is 1.92. The number of urea groups is 1. The molecule has 0 saturated carbocycles. The largest absolute Gasteiger partial charge is 0.351 e. The molecule has 0 spiro atoms. The van der Waals surface area contributed by atoms with E-state index in [0.29, 0.717) is 5.88 Å². The predicted molar refractivity (Wildman–Crippen MR) is 72.3 cm³/mol. The molecule has 2 N–H and O–H groups in total. The zero-order valence-electron chi connectivity index (χ0n) is 10.3. The van der Waals surface area contributed by atoms with Crippen LogP contribution in [0.2, 0.25) is 0 Å². The van der Waals surface area contributed by atoms with Crippen molar-refractivity contribution in [1.82, 2.24) is 9.88 Å². The van der Waals surface area contributed by atoms with Crippen LogP contribution in [0.25, 0.3) is 0 Å². The second-order valence-corrected chi connectivity index (χ2v) is 7.20. The zero-order valence-corrected chi connectivity index (χ0v) is 11.9. The van der Waals surface area contributed by atoms with Crippen LogP contribution in [0.5, 0.6) is 0 Å². The van der Waals surface area contributed by atoms with Gasteiger partial charge in [0.1, 0.15) is 5.01 Å². The molecule has 1 saturated heterocycles. The van der Waals surface area contributed by atoms with Crippen LogP contribution in [0.15, 0.2) is 6.20 Å². The van der Waals surface area contributed by atoms with Gasteiger partial charge in [-0.2, -0.15) is 0 Å². The fourth-order valence-corrected chi connectivity index (χ4v) is 4.02. The van der Waals surface area contributed by atoms with Crippen molar-refractivity contribution >= 4 is 29.1 Å². The molecule has 17 heavy (non-hydrogen) atoms. The van der Waals surface area contributed by atoms with Crippen molar-refractivity contribution in [2.24, 2.45) is 5.73 Å². The number of rotatable bonds is 1. The molecule has 6 heteroatoms. The number of carbonyl (C=O) groups excluding carboxylic acids is 1. The van der Waals surface area contributed by atoms with Crippen LogP contribution in [-0.4, -0.2) is 27.5 Å². The van der Waals surface area contributed by atoms with Crippen molar-refractivity contribution in [3.05, 3.63) is 16.1 Å². The van der Waals surface area contributed by atoms with Crippen LogP contribution in [-0.2, 0) is 5.41 Å². The average molecular weight is 271 g/mol. The maximum Gasteiger partial charge on any atom is 0.316 e. The molecule has 0 aromatic carbocycles. The van der Waals surface area contributed by atoms with Gasteiger partial charge < -0.3 is 10.6 Å². The van der Waals surface area contributed by atoms with Crippen LogP contribution in [0.4, 0.5) is 4.79 Å². The first-order valence-electron chi connectivity index (χ1n) is 5.49. The summed E-state index contributed by atoms with van der Waals surface area (Å²) in [7, 11) is 0. The Morgan fingerprint density at radius 2 is 2.29 bits per heavy atom. The summed E-state index contributed by atoms with van der Waals surface area (Å²) in [6.45, 7) is 6.50. The number of primary amides is 1. The van der Waals surface area contributed by atoms with Crippen molar-refractivity contribution in [3.8, 4) is 0 Å². The lowest BCUT2D eigenvalue weighted by Gasteiger charge is -2.19. The number of amides is 2. The molecule has 4 nitrogen and oxygen atoms in total. The van der Waals surface area contributed by atoms with Crippen molar-refractivity contribution in [2.75, 3.05) is 11.6 Å². The van der Waals surface area contributed by atoms with Gasteiger partial charge in [0.05, 0.1) is 11.9 Å². The van der Waals surface area contributed by atoms with Gasteiger partial charge >= 0.3 is 6.03 Å². The summed E-state index contributed by atoms with van der Waals surface area (Å²) in [5.41, 5.74) is 5.48. The summed E-state index contributed by atoms with van der Waals surface area (Å²) in [5, 5.41) is 0.999. The first-order valence-corrected chi connectivity index (χ1v) is 7.47. The normalized spacial score (nSPS) is 20.9. The van der Waals surface area contributed by atoms with Crippen LogP contribution in [0, 0.1) is 0 Å². The van der Waals surface area contributed by atoms with Crippen LogP contribution in [0.1, 0.15) is 36.7 Å². The summed E-state index contributed by atoms with van der Waals surface area (Å²) < 4.78 is 0. The number of thioether (sulfide) groups is 1. The van der Waals surface area contributed by atoms with Gasteiger partial charge in [0.15, 0.2) is 0 Å². The molecule has 1 aromatic heterocycles. The molecule has 0 bridgehead atoms. The molecule has 2 rings (SSSR count). The summed E-state index contributed by atoms with van der Waals surface area (Å²) in [4.78, 5) is 18.7. The Bertz CT molecular complexity index is 425. The monoisotopic (exact) mass is 271 g/mol. The predicted octanol–water partition coefficient (Wildman–Crippen LogP) is 2.57. The number of thiazole rings is 1. The molecule has 2 heterocycles. The fourth-order valence-electron chi connectivity index (χ4n) is 1.65. The topological polar surface area (TPSA) is 59.2 Å². The average Bonchev–Trinajstić information content (AvgIpc) is 2.85. The molecular weight excluding hydrogens is 254 g/mol. The third kappa shape index (κ3) is 2.57. The van der Waals surface area contributed by atoms with Crippen molar-refractivity contribution < 1.29 is 4.79 Å². The van der Waals surface area contributed by atoms with E-state index in [2.05, 4.69) is 25.8 Å². The number of nitrogens with two attached hydrogens (primary N) is 1. The van der Waals surface area contributed by atoms with E-state index < -0.39 is 0 Å². The number of hydrogen-bond acceptors (Lipinski definition) is 4. The van der Waals surface area contributed by atoms with E-state index in [1.54, 1.807) is 28.0 Å². The van der Waals surface area contributed by atoms with E-state index in [-0.39, 0.29) is 17.5 Å². The summed E-state index contributed by atoms with van der Waals surface area (Å²) in [5.74, 6) is 1.56. The van der Waals surface area contributed by atoms with Gasteiger partial charge in [-0.05, 0) is 5.41 Å². The van der Waals surface area contributed by atoms with Crippen molar-refractivity contribution in [2.45, 2.75) is 32.2 Å². The number of nitrogens with zero attached hydrogens (tertiary/aromatic N) is 2. The van der Waals surface area contributed by atoms with Gasteiger partial charge in [-0.15, -0.1) is 23.1 Å². The van der Waals surface area contributed by atoms with Crippen LogP contribution >= 0.6 is 23.1 Å². The van der Waals surface area contributed by atoms with E-state index >= 15 is 0 Å². The highest BCUT2D eigenvalue weighted by Crippen LogP contribution is 2.37. The Balaban J connectivity index is 2.23. The quantitative estimate of drug-likeness (QED) is 0.854. The fraction of sp³-hybridized carbons (Fsp3) is 0.636. The van der Waals surface area contributed by atoms with Crippen LogP contribution < -0.4 is 5.73 Å². The molecule has 1 aromatic rings.